The van der Waals surface area contributed by atoms with E-state index in [9.17, 15) is 8.42 Å². The lowest BCUT2D eigenvalue weighted by atomic mass is 10.1. The summed E-state index contributed by atoms with van der Waals surface area (Å²) in [5, 5.41) is 0. The van der Waals surface area contributed by atoms with E-state index >= 15 is 0 Å². The average Bonchev–Trinajstić information content (AvgIpc) is 2.12. The fourth-order valence-corrected chi connectivity index (χ4v) is 1.75. The van der Waals surface area contributed by atoms with Crippen LogP contribution in [0.4, 0.5) is 0 Å². The Hall–Kier alpha value is 0.0500. The van der Waals surface area contributed by atoms with E-state index < -0.39 is 20.7 Å². The van der Waals surface area contributed by atoms with Gasteiger partial charge in [-0.25, -0.2) is 13.9 Å². The molecule has 1 unspecified atom stereocenters. The van der Waals surface area contributed by atoms with E-state index in [2.05, 4.69) is 9.18 Å². The molecule has 0 bridgehead atoms. The van der Waals surface area contributed by atoms with Crippen LogP contribution in [-0.4, -0.2) is 30.8 Å². The van der Waals surface area contributed by atoms with E-state index in [0.717, 1.165) is 0 Å². The van der Waals surface area contributed by atoms with Crippen LogP contribution in [0.2, 0.25) is 0 Å². The first-order chi connectivity index (χ1) is 7.93. The molecule has 0 aliphatic rings. The number of nitrogens with one attached hydrogen (secondary N) is 1. The monoisotopic (exact) mass is 339 g/mol. The zero-order chi connectivity index (χ0) is 14.6. The quantitative estimate of drug-likeness (QED) is 0.451. The van der Waals surface area contributed by atoms with Crippen LogP contribution in [-0.2, 0) is 14.5 Å². The zero-order valence-corrected chi connectivity index (χ0v) is 13.2. The van der Waals surface area contributed by atoms with Crippen molar-refractivity contribution in [2.45, 2.75) is 30.6 Å². The van der Waals surface area contributed by atoms with Crippen molar-refractivity contribution in [1.29, 1.82) is 0 Å². The molecule has 0 spiro atoms. The van der Waals surface area contributed by atoms with Crippen molar-refractivity contribution >= 4 is 51.1 Å². The molecule has 108 valence electrons. The van der Waals surface area contributed by atoms with Crippen LogP contribution in [0.25, 0.3) is 0 Å². The lowest BCUT2D eigenvalue weighted by molar-refractivity contribution is 0.322. The number of hydrogen-bond donors (Lipinski definition) is 2. The molecule has 0 aliphatic heterocycles. The van der Waals surface area contributed by atoms with E-state index in [4.69, 9.17) is 40.5 Å². The molecule has 18 heavy (non-hydrogen) atoms. The van der Waals surface area contributed by atoms with Gasteiger partial charge in [0.2, 0.25) is 9.75 Å². The first-order valence-electron chi connectivity index (χ1n) is 5.00. The molecule has 0 aromatic carbocycles. The van der Waals surface area contributed by atoms with E-state index in [1.165, 1.54) is 0 Å². The molecule has 0 aromatic rings. The second kappa shape index (κ2) is 7.00. The Labute approximate surface area is 122 Å². The van der Waals surface area contributed by atoms with Gasteiger partial charge in [-0.3, -0.25) is 0 Å². The minimum absolute atomic E-state index is 0.138. The first-order valence-corrected chi connectivity index (χ1v) is 7.54. The van der Waals surface area contributed by atoms with Gasteiger partial charge in [0, 0.05) is 0 Å². The van der Waals surface area contributed by atoms with Crippen molar-refractivity contribution in [3.8, 4) is 0 Å². The summed E-state index contributed by atoms with van der Waals surface area (Å²) >= 11 is 16.1. The van der Waals surface area contributed by atoms with Gasteiger partial charge in [0.25, 0.3) is 0 Å². The summed E-state index contributed by atoms with van der Waals surface area (Å²) in [7, 11) is -4.14. The highest BCUT2D eigenvalue weighted by atomic mass is 35.6. The van der Waals surface area contributed by atoms with Crippen molar-refractivity contribution < 1.29 is 12.6 Å². The van der Waals surface area contributed by atoms with Gasteiger partial charge < -0.3 is 5.73 Å². The highest BCUT2D eigenvalue weighted by molar-refractivity contribution is 7.85. The Bertz CT molecular complexity index is 392. The molecular weight excluding hydrogens is 325 g/mol. The SMILES string of the molecule is CC(C)C(C)N=C(N)NS(=O)(=O)OCC(Cl)(Cl)Cl. The molecule has 0 fully saturated rings. The second-order valence-corrected chi connectivity index (χ2v) is 7.80. The number of hydrogen-bond acceptors (Lipinski definition) is 4. The standard InChI is InChI=1S/C8H16Cl3N3O3S/c1-5(2)6(3)13-7(12)14-18(15,16)17-4-8(9,10)11/h5-6H,4H2,1-3H3,(H3,12,13,14). The predicted octanol–water partition coefficient (Wildman–Crippen LogP) is 1.57. The molecule has 0 saturated heterocycles. The number of alkyl halides is 3. The predicted molar refractivity (Wildman–Crippen MR) is 74.2 cm³/mol. The van der Waals surface area contributed by atoms with E-state index in [0.29, 0.717) is 0 Å². The molecule has 3 N–H and O–H groups in total. The van der Waals surface area contributed by atoms with Gasteiger partial charge in [0.1, 0.15) is 6.61 Å². The van der Waals surface area contributed by atoms with Crippen molar-refractivity contribution in [3.05, 3.63) is 0 Å². The van der Waals surface area contributed by atoms with Crippen molar-refractivity contribution in [2.24, 2.45) is 16.6 Å². The maximum absolute atomic E-state index is 11.4. The number of halogens is 3. The lowest BCUT2D eigenvalue weighted by Gasteiger charge is -2.14. The third-order valence-electron chi connectivity index (χ3n) is 1.91. The highest BCUT2D eigenvalue weighted by Gasteiger charge is 2.24. The van der Waals surface area contributed by atoms with Gasteiger partial charge >= 0.3 is 10.3 Å². The first kappa shape index (κ1) is 18.0. The Morgan fingerprint density at radius 3 is 2.28 bits per heavy atom. The molecule has 0 amide bonds. The average molecular weight is 341 g/mol. The molecule has 1 atom stereocenters. The summed E-state index contributed by atoms with van der Waals surface area (Å²) in [5.41, 5.74) is 5.42. The summed E-state index contributed by atoms with van der Waals surface area (Å²) in [5.74, 6) is -0.0596. The number of nitrogens with two attached hydrogens (primary N) is 1. The van der Waals surface area contributed by atoms with Crippen LogP contribution >= 0.6 is 34.8 Å². The number of guanidine groups is 1. The smallest absolute Gasteiger partial charge is 0.362 e. The summed E-state index contributed by atoms with van der Waals surface area (Å²) in [4.78, 5) is 3.93. The van der Waals surface area contributed by atoms with Crippen LogP contribution < -0.4 is 10.5 Å². The summed E-state index contributed by atoms with van der Waals surface area (Å²) in [6.07, 6.45) is 0. The van der Waals surface area contributed by atoms with Gasteiger partial charge in [-0.2, -0.15) is 8.42 Å². The zero-order valence-electron chi connectivity index (χ0n) is 10.2. The largest absolute Gasteiger partial charge is 0.369 e. The highest BCUT2D eigenvalue weighted by Crippen LogP contribution is 2.26. The van der Waals surface area contributed by atoms with Crippen molar-refractivity contribution in [3.63, 3.8) is 0 Å². The lowest BCUT2D eigenvalue weighted by Crippen LogP contribution is -2.39. The maximum atomic E-state index is 11.4. The molecule has 6 nitrogen and oxygen atoms in total. The van der Waals surface area contributed by atoms with Crippen LogP contribution in [0, 0.1) is 5.92 Å². The Morgan fingerprint density at radius 2 is 1.89 bits per heavy atom. The fourth-order valence-electron chi connectivity index (χ4n) is 0.697. The normalized spacial score (nSPS) is 15.8. The molecule has 0 aliphatic carbocycles. The van der Waals surface area contributed by atoms with Gasteiger partial charge in [0.15, 0.2) is 0 Å². The Morgan fingerprint density at radius 1 is 1.39 bits per heavy atom. The van der Waals surface area contributed by atoms with E-state index in [-0.39, 0.29) is 17.9 Å². The van der Waals surface area contributed by atoms with Crippen LogP contribution in [0.1, 0.15) is 20.8 Å². The molecule has 10 heteroatoms. The molecular formula is C8H16Cl3N3O3S. The van der Waals surface area contributed by atoms with Crippen LogP contribution in [0.15, 0.2) is 4.99 Å². The van der Waals surface area contributed by atoms with Crippen LogP contribution in [0.3, 0.4) is 0 Å². The van der Waals surface area contributed by atoms with Gasteiger partial charge in [-0.15, -0.1) is 0 Å². The molecule has 0 rings (SSSR count). The molecule has 0 radical (unpaired) electrons. The number of rotatable bonds is 5. The van der Waals surface area contributed by atoms with Crippen LogP contribution in [0.5, 0.6) is 0 Å². The van der Waals surface area contributed by atoms with Gasteiger partial charge in [-0.1, -0.05) is 48.7 Å². The molecule has 0 aromatic heterocycles. The summed E-state index contributed by atoms with van der Waals surface area (Å²) in [6.45, 7) is 5.03. The van der Waals surface area contributed by atoms with E-state index in [1.54, 1.807) is 6.92 Å². The third-order valence-corrected chi connectivity index (χ3v) is 3.13. The number of aliphatic imine (C=N–C) groups is 1. The molecule has 0 saturated carbocycles. The van der Waals surface area contributed by atoms with E-state index in [1.807, 2.05) is 18.6 Å². The third kappa shape index (κ3) is 9.04. The fraction of sp³-hybridized carbons (Fsp3) is 0.875. The summed E-state index contributed by atoms with van der Waals surface area (Å²) < 4.78 is 27.2. The minimum Gasteiger partial charge on any atom is -0.369 e. The summed E-state index contributed by atoms with van der Waals surface area (Å²) in [6, 6.07) is -0.138. The second-order valence-electron chi connectivity index (χ2n) is 3.93. The topological polar surface area (TPSA) is 93.8 Å². The van der Waals surface area contributed by atoms with Gasteiger partial charge in [0.05, 0.1) is 6.04 Å². The number of nitrogens with zero attached hydrogens (tertiary/aromatic N) is 1. The maximum Gasteiger partial charge on any atom is 0.362 e. The van der Waals surface area contributed by atoms with Gasteiger partial charge in [-0.05, 0) is 12.8 Å². The Balaban J connectivity index is 4.50. The minimum atomic E-state index is -4.14. The van der Waals surface area contributed by atoms with Crippen molar-refractivity contribution in [2.75, 3.05) is 6.61 Å². The molecule has 0 heterocycles. The Kier molecular flexibility index (Phi) is 7.02. The van der Waals surface area contributed by atoms with Crippen molar-refractivity contribution in [1.82, 2.24) is 4.72 Å².